The van der Waals surface area contributed by atoms with E-state index in [0.29, 0.717) is 12.3 Å². The first-order valence-electron chi connectivity index (χ1n) is 7.86. The monoisotopic (exact) mass is 284 g/mol. The smallest absolute Gasteiger partial charge is 0.224 e. The highest BCUT2D eigenvalue weighted by Crippen LogP contribution is 2.44. The zero-order valence-electron chi connectivity index (χ0n) is 13.7. The number of rotatable bonds is 5. The number of carbonyl (C=O) groups excluding carboxylic acids is 1. The minimum Gasteiger partial charge on any atom is -0.396 e. The Balaban J connectivity index is 2.81. The molecule has 4 unspecified atom stereocenters. The van der Waals surface area contributed by atoms with Crippen LogP contribution in [0.2, 0.25) is 0 Å². The van der Waals surface area contributed by atoms with Gasteiger partial charge in [-0.15, -0.1) is 0 Å². The van der Waals surface area contributed by atoms with Gasteiger partial charge in [-0.3, -0.25) is 4.79 Å². The first-order valence-corrected chi connectivity index (χ1v) is 7.86. The molecule has 0 aromatic heterocycles. The molecule has 20 heavy (non-hydrogen) atoms. The van der Waals surface area contributed by atoms with Crippen molar-refractivity contribution >= 4 is 5.91 Å². The van der Waals surface area contributed by atoms with Gasteiger partial charge in [-0.05, 0) is 43.9 Å². The van der Waals surface area contributed by atoms with E-state index in [4.69, 9.17) is 10.8 Å². The summed E-state index contributed by atoms with van der Waals surface area (Å²) in [5.41, 5.74) is 5.75. The van der Waals surface area contributed by atoms with Crippen molar-refractivity contribution in [2.45, 2.75) is 71.9 Å². The maximum atomic E-state index is 12.7. The van der Waals surface area contributed by atoms with E-state index in [1.807, 2.05) is 13.8 Å². The molecule has 0 aliphatic heterocycles. The van der Waals surface area contributed by atoms with E-state index in [0.717, 1.165) is 19.3 Å². The molecule has 0 heterocycles. The van der Waals surface area contributed by atoms with Crippen molar-refractivity contribution in [3.8, 4) is 0 Å². The van der Waals surface area contributed by atoms with E-state index >= 15 is 0 Å². The molecular weight excluding hydrogens is 252 g/mol. The van der Waals surface area contributed by atoms with Gasteiger partial charge in [-0.25, -0.2) is 0 Å². The maximum Gasteiger partial charge on any atom is 0.224 e. The minimum atomic E-state index is -0.315. The third-order valence-electron chi connectivity index (χ3n) is 5.69. The lowest BCUT2D eigenvalue weighted by Crippen LogP contribution is -2.55. The number of nitrogens with two attached hydrogens (primary N) is 1. The van der Waals surface area contributed by atoms with E-state index in [1.165, 1.54) is 0 Å². The van der Waals surface area contributed by atoms with Crippen molar-refractivity contribution in [2.75, 3.05) is 6.61 Å². The predicted molar refractivity (Wildman–Crippen MR) is 82.2 cm³/mol. The normalized spacial score (nSPS) is 32.5. The zero-order chi connectivity index (χ0) is 15.6. The topological polar surface area (TPSA) is 75.3 Å². The summed E-state index contributed by atoms with van der Waals surface area (Å²) in [6, 6.07) is 0.184. The van der Waals surface area contributed by atoms with Crippen LogP contribution >= 0.6 is 0 Å². The van der Waals surface area contributed by atoms with Gasteiger partial charge in [0.2, 0.25) is 5.91 Å². The SMILES string of the molecule is CCC(C)(CCO)NC(=O)C1CCC(N)C(C)C1(C)C. The van der Waals surface area contributed by atoms with Gasteiger partial charge in [0.25, 0.3) is 0 Å². The second-order valence-electron chi connectivity index (χ2n) is 7.28. The Morgan fingerprint density at radius 3 is 2.55 bits per heavy atom. The van der Waals surface area contributed by atoms with Gasteiger partial charge in [0.15, 0.2) is 0 Å². The van der Waals surface area contributed by atoms with Gasteiger partial charge in [0.05, 0.1) is 0 Å². The van der Waals surface area contributed by atoms with Gasteiger partial charge in [0.1, 0.15) is 0 Å². The Bertz CT molecular complexity index is 343. The molecule has 1 aliphatic rings. The number of aliphatic hydroxyl groups is 1. The van der Waals surface area contributed by atoms with Crippen molar-refractivity contribution in [2.24, 2.45) is 23.0 Å². The molecule has 1 saturated carbocycles. The molecule has 1 aliphatic carbocycles. The van der Waals surface area contributed by atoms with E-state index < -0.39 is 0 Å². The Morgan fingerprint density at radius 1 is 1.45 bits per heavy atom. The third-order valence-corrected chi connectivity index (χ3v) is 5.69. The largest absolute Gasteiger partial charge is 0.396 e. The molecule has 0 spiro atoms. The van der Waals surface area contributed by atoms with E-state index in [1.54, 1.807) is 0 Å². The lowest BCUT2D eigenvalue weighted by Gasteiger charge is -2.47. The van der Waals surface area contributed by atoms with Gasteiger partial charge >= 0.3 is 0 Å². The zero-order valence-corrected chi connectivity index (χ0v) is 13.7. The summed E-state index contributed by atoms with van der Waals surface area (Å²) in [6.07, 6.45) is 3.17. The van der Waals surface area contributed by atoms with Crippen LogP contribution in [0, 0.1) is 17.3 Å². The minimum absolute atomic E-state index is 0.00173. The van der Waals surface area contributed by atoms with Crippen LogP contribution in [0.1, 0.15) is 60.3 Å². The molecule has 4 heteroatoms. The van der Waals surface area contributed by atoms with Crippen LogP contribution < -0.4 is 11.1 Å². The fourth-order valence-corrected chi connectivity index (χ4v) is 3.28. The summed E-state index contributed by atoms with van der Waals surface area (Å²) >= 11 is 0. The van der Waals surface area contributed by atoms with Gasteiger partial charge < -0.3 is 16.2 Å². The Kier molecular flexibility index (Phi) is 5.61. The Labute approximate surface area is 123 Å². The molecule has 118 valence electrons. The van der Waals surface area contributed by atoms with Crippen molar-refractivity contribution < 1.29 is 9.90 Å². The predicted octanol–water partition coefficient (Wildman–Crippen LogP) is 2.05. The van der Waals surface area contributed by atoms with Crippen molar-refractivity contribution in [3.05, 3.63) is 0 Å². The van der Waals surface area contributed by atoms with Gasteiger partial charge in [-0.2, -0.15) is 0 Å². The van der Waals surface area contributed by atoms with Crippen LogP contribution in [0.5, 0.6) is 0 Å². The van der Waals surface area contributed by atoms with Crippen LogP contribution in [0.25, 0.3) is 0 Å². The average Bonchev–Trinajstić information content (AvgIpc) is 2.36. The molecule has 4 nitrogen and oxygen atoms in total. The molecule has 0 radical (unpaired) electrons. The van der Waals surface area contributed by atoms with Crippen LogP contribution in [0.4, 0.5) is 0 Å². The van der Waals surface area contributed by atoms with Crippen LogP contribution in [0.3, 0.4) is 0 Å². The van der Waals surface area contributed by atoms with Crippen LogP contribution in [-0.2, 0) is 4.79 Å². The van der Waals surface area contributed by atoms with Gasteiger partial charge in [0, 0.05) is 24.1 Å². The number of carbonyl (C=O) groups is 1. The number of amides is 1. The highest BCUT2D eigenvalue weighted by atomic mass is 16.3. The summed E-state index contributed by atoms with van der Waals surface area (Å²) in [6.45, 7) is 10.6. The molecule has 4 N–H and O–H groups in total. The van der Waals surface area contributed by atoms with E-state index in [-0.39, 0.29) is 35.4 Å². The quantitative estimate of drug-likeness (QED) is 0.723. The lowest BCUT2D eigenvalue weighted by molar-refractivity contribution is -0.134. The third kappa shape index (κ3) is 3.53. The molecule has 1 rings (SSSR count). The van der Waals surface area contributed by atoms with Crippen LogP contribution in [0.15, 0.2) is 0 Å². The fourth-order valence-electron chi connectivity index (χ4n) is 3.28. The molecule has 0 bridgehead atoms. The summed E-state index contributed by atoms with van der Waals surface area (Å²) in [4.78, 5) is 12.7. The molecule has 0 saturated heterocycles. The average molecular weight is 284 g/mol. The number of aliphatic hydroxyl groups excluding tert-OH is 1. The van der Waals surface area contributed by atoms with Crippen molar-refractivity contribution in [1.29, 1.82) is 0 Å². The Morgan fingerprint density at radius 2 is 2.05 bits per heavy atom. The van der Waals surface area contributed by atoms with E-state index in [9.17, 15) is 4.79 Å². The summed E-state index contributed by atoms with van der Waals surface area (Å²) in [5, 5.41) is 12.3. The first-order chi connectivity index (χ1) is 9.18. The highest BCUT2D eigenvalue weighted by Gasteiger charge is 2.45. The summed E-state index contributed by atoms with van der Waals surface area (Å²) in [5.74, 6) is 0.450. The lowest BCUT2D eigenvalue weighted by atomic mass is 9.60. The standard InChI is InChI=1S/C16H32N2O2/c1-6-16(5,9-10-19)18-14(20)12-7-8-13(17)11(2)15(12,3)4/h11-13,19H,6-10,17H2,1-5H3,(H,18,20). The molecule has 1 fully saturated rings. The van der Waals surface area contributed by atoms with Crippen LogP contribution in [-0.4, -0.2) is 29.2 Å². The molecular formula is C16H32N2O2. The summed E-state index contributed by atoms with van der Waals surface area (Å²) < 4.78 is 0. The molecule has 0 aromatic rings. The number of hydrogen-bond donors (Lipinski definition) is 3. The first kappa shape index (κ1) is 17.4. The van der Waals surface area contributed by atoms with Gasteiger partial charge in [-0.1, -0.05) is 27.7 Å². The number of nitrogens with one attached hydrogen (secondary N) is 1. The molecule has 0 aromatic carbocycles. The maximum absolute atomic E-state index is 12.7. The number of hydrogen-bond acceptors (Lipinski definition) is 3. The van der Waals surface area contributed by atoms with E-state index in [2.05, 4.69) is 26.1 Å². The highest BCUT2D eigenvalue weighted by molar-refractivity contribution is 5.80. The fraction of sp³-hybridized carbons (Fsp3) is 0.938. The summed E-state index contributed by atoms with van der Waals surface area (Å²) in [7, 11) is 0. The molecule has 1 amide bonds. The van der Waals surface area contributed by atoms with Crippen molar-refractivity contribution in [3.63, 3.8) is 0 Å². The second-order valence-corrected chi connectivity index (χ2v) is 7.28. The second kappa shape index (κ2) is 6.44. The Hall–Kier alpha value is -0.610. The molecule has 4 atom stereocenters. The van der Waals surface area contributed by atoms with Crippen molar-refractivity contribution in [1.82, 2.24) is 5.32 Å².